The van der Waals surface area contributed by atoms with Crippen LogP contribution in [-0.2, 0) is 26.2 Å². The smallest absolute Gasteiger partial charge is 0.264 e. The van der Waals surface area contributed by atoms with E-state index in [4.69, 9.17) is 23.2 Å². The Hall–Kier alpha value is -3.07. The molecule has 0 unspecified atom stereocenters. The average molecular weight is 577 g/mol. The van der Waals surface area contributed by atoms with E-state index in [1.807, 2.05) is 0 Å². The Labute approximate surface area is 234 Å². The lowest BCUT2D eigenvalue weighted by Crippen LogP contribution is -2.52. The van der Waals surface area contributed by atoms with Crippen molar-refractivity contribution in [3.63, 3.8) is 0 Å². The molecule has 2 amide bonds. The molecule has 0 aliphatic rings. The van der Waals surface area contributed by atoms with Crippen LogP contribution in [0.2, 0.25) is 10.0 Å². The van der Waals surface area contributed by atoms with Crippen molar-refractivity contribution in [3.05, 3.63) is 94.0 Å². The van der Waals surface area contributed by atoms with Crippen molar-refractivity contribution < 1.29 is 18.0 Å². The topological polar surface area (TPSA) is 86.8 Å². The van der Waals surface area contributed by atoms with Gasteiger partial charge in [-0.1, -0.05) is 72.6 Å². The first-order chi connectivity index (χ1) is 18.1. The molecule has 0 fully saturated rings. The molecule has 3 aromatic rings. The SMILES string of the molecule is CCNC(=O)[C@@H](CC)N(Cc1c(Cl)cccc1Cl)C(=O)CN(c1ccccc1C)S(=O)(=O)c1ccccc1. The number of likely N-dealkylation sites (N-methyl/N-ethyl adjacent to an activating group) is 1. The lowest BCUT2D eigenvalue weighted by atomic mass is 10.1. The molecule has 7 nitrogen and oxygen atoms in total. The Balaban J connectivity index is 2.10. The number of amides is 2. The quantitative estimate of drug-likeness (QED) is 0.330. The molecule has 202 valence electrons. The molecular weight excluding hydrogens is 545 g/mol. The van der Waals surface area contributed by atoms with Crippen molar-refractivity contribution in [3.8, 4) is 0 Å². The van der Waals surface area contributed by atoms with Crippen LogP contribution in [0, 0.1) is 6.92 Å². The lowest BCUT2D eigenvalue weighted by Gasteiger charge is -2.33. The van der Waals surface area contributed by atoms with Crippen molar-refractivity contribution in [2.24, 2.45) is 0 Å². The molecule has 0 heterocycles. The van der Waals surface area contributed by atoms with Gasteiger partial charge in [0.2, 0.25) is 11.8 Å². The Morgan fingerprint density at radius 3 is 2.08 bits per heavy atom. The highest BCUT2D eigenvalue weighted by atomic mass is 35.5. The number of hydrogen-bond donors (Lipinski definition) is 1. The van der Waals surface area contributed by atoms with Crippen LogP contribution in [0.3, 0.4) is 0 Å². The molecule has 0 aromatic heterocycles. The number of rotatable bonds is 11. The summed E-state index contributed by atoms with van der Waals surface area (Å²) in [6.45, 7) is 5.13. The van der Waals surface area contributed by atoms with Crippen LogP contribution in [-0.4, -0.2) is 44.3 Å². The Bertz CT molecular complexity index is 1360. The number of aryl methyl sites for hydroxylation is 1. The summed E-state index contributed by atoms with van der Waals surface area (Å²) in [5.74, 6) is -0.915. The summed E-state index contributed by atoms with van der Waals surface area (Å²) < 4.78 is 28.7. The Morgan fingerprint density at radius 2 is 1.50 bits per heavy atom. The first-order valence-electron chi connectivity index (χ1n) is 12.2. The zero-order valence-electron chi connectivity index (χ0n) is 21.5. The molecule has 3 rings (SSSR count). The normalized spacial score (nSPS) is 12.0. The van der Waals surface area contributed by atoms with Crippen LogP contribution >= 0.6 is 23.2 Å². The highest BCUT2D eigenvalue weighted by Crippen LogP contribution is 2.29. The van der Waals surface area contributed by atoms with Gasteiger partial charge in [0.1, 0.15) is 12.6 Å². The van der Waals surface area contributed by atoms with E-state index in [-0.39, 0.29) is 17.3 Å². The minimum Gasteiger partial charge on any atom is -0.355 e. The van der Waals surface area contributed by atoms with E-state index in [0.29, 0.717) is 39.8 Å². The summed E-state index contributed by atoms with van der Waals surface area (Å²) in [6.07, 6.45) is 0.301. The summed E-state index contributed by atoms with van der Waals surface area (Å²) in [7, 11) is -4.12. The van der Waals surface area contributed by atoms with Crippen LogP contribution in [0.4, 0.5) is 5.69 Å². The van der Waals surface area contributed by atoms with Crippen molar-refractivity contribution in [2.45, 2.75) is 44.7 Å². The van der Waals surface area contributed by atoms with E-state index < -0.39 is 28.5 Å². The van der Waals surface area contributed by atoms with E-state index >= 15 is 0 Å². The average Bonchev–Trinajstić information content (AvgIpc) is 2.89. The van der Waals surface area contributed by atoms with E-state index in [0.717, 1.165) is 4.31 Å². The van der Waals surface area contributed by atoms with Gasteiger partial charge in [-0.05, 0) is 56.2 Å². The molecule has 0 saturated carbocycles. The summed E-state index contributed by atoms with van der Waals surface area (Å²) >= 11 is 12.8. The third-order valence-corrected chi connectivity index (χ3v) is 8.60. The van der Waals surface area contributed by atoms with Gasteiger partial charge in [0, 0.05) is 28.7 Å². The molecule has 0 aliphatic heterocycles. The molecule has 0 bridgehead atoms. The largest absolute Gasteiger partial charge is 0.355 e. The number of nitrogens with one attached hydrogen (secondary N) is 1. The van der Waals surface area contributed by atoms with Crippen LogP contribution < -0.4 is 9.62 Å². The Morgan fingerprint density at radius 1 is 0.895 bits per heavy atom. The maximum Gasteiger partial charge on any atom is 0.264 e. The molecule has 1 N–H and O–H groups in total. The van der Waals surface area contributed by atoms with E-state index in [2.05, 4.69) is 5.32 Å². The number of carbonyl (C=O) groups is 2. The number of sulfonamides is 1. The van der Waals surface area contributed by atoms with Crippen LogP contribution in [0.15, 0.2) is 77.7 Å². The third kappa shape index (κ3) is 6.67. The number of benzene rings is 3. The monoisotopic (exact) mass is 575 g/mol. The fourth-order valence-corrected chi connectivity index (χ4v) is 6.16. The van der Waals surface area contributed by atoms with Gasteiger partial charge in [-0.15, -0.1) is 0 Å². The second kappa shape index (κ2) is 13.1. The van der Waals surface area contributed by atoms with Crippen LogP contribution in [0.25, 0.3) is 0 Å². The highest BCUT2D eigenvalue weighted by Gasteiger charge is 2.34. The zero-order valence-corrected chi connectivity index (χ0v) is 23.9. The number of nitrogens with zero attached hydrogens (tertiary/aromatic N) is 2. The van der Waals surface area contributed by atoms with Gasteiger partial charge in [-0.2, -0.15) is 0 Å². The Kier molecular flexibility index (Phi) is 10.2. The lowest BCUT2D eigenvalue weighted by molar-refractivity contribution is -0.140. The summed E-state index contributed by atoms with van der Waals surface area (Å²) in [4.78, 5) is 28.4. The molecule has 0 radical (unpaired) electrons. The van der Waals surface area contributed by atoms with E-state index in [1.54, 1.807) is 81.4 Å². The predicted molar refractivity (Wildman–Crippen MR) is 152 cm³/mol. The van der Waals surface area contributed by atoms with Crippen LogP contribution in [0.5, 0.6) is 0 Å². The molecule has 0 saturated heterocycles. The van der Waals surface area contributed by atoms with Gasteiger partial charge in [0.05, 0.1) is 10.6 Å². The number of anilines is 1. The molecule has 1 atom stereocenters. The van der Waals surface area contributed by atoms with E-state index in [9.17, 15) is 18.0 Å². The molecule has 38 heavy (non-hydrogen) atoms. The maximum absolute atomic E-state index is 14.0. The van der Waals surface area contributed by atoms with Gasteiger partial charge in [-0.25, -0.2) is 8.42 Å². The fourth-order valence-electron chi connectivity index (χ4n) is 4.14. The minimum absolute atomic E-state index is 0.0486. The highest BCUT2D eigenvalue weighted by molar-refractivity contribution is 7.92. The fraction of sp³-hybridized carbons (Fsp3) is 0.286. The van der Waals surface area contributed by atoms with Gasteiger partial charge >= 0.3 is 0 Å². The van der Waals surface area contributed by atoms with Crippen molar-refractivity contribution in [1.82, 2.24) is 10.2 Å². The zero-order chi connectivity index (χ0) is 27.9. The van der Waals surface area contributed by atoms with Gasteiger partial charge in [0.15, 0.2) is 0 Å². The molecule has 0 aliphatic carbocycles. The predicted octanol–water partition coefficient (Wildman–Crippen LogP) is 5.44. The standard InChI is InChI=1S/C28H31Cl2N3O4S/c1-4-25(28(35)31-5-2)32(18-22-23(29)15-11-16-24(22)30)27(34)19-33(26-17-10-9-12-20(26)3)38(36,37)21-13-7-6-8-14-21/h6-17,25H,4-5,18-19H2,1-3H3,(H,31,35)/t25-/m1/s1. The van der Waals surface area contributed by atoms with Gasteiger partial charge in [0.25, 0.3) is 10.0 Å². The number of halogens is 2. The maximum atomic E-state index is 14.0. The molecule has 10 heteroatoms. The second-order valence-corrected chi connectivity index (χ2v) is 11.3. The van der Waals surface area contributed by atoms with Gasteiger partial charge < -0.3 is 10.2 Å². The number of hydrogen-bond acceptors (Lipinski definition) is 4. The molecule has 3 aromatic carbocycles. The summed E-state index contributed by atoms with van der Waals surface area (Å²) in [6, 6.07) is 19.0. The summed E-state index contributed by atoms with van der Waals surface area (Å²) in [5.41, 5.74) is 1.52. The minimum atomic E-state index is -4.12. The van der Waals surface area contributed by atoms with Gasteiger partial charge in [-0.3, -0.25) is 13.9 Å². The molecule has 0 spiro atoms. The second-order valence-electron chi connectivity index (χ2n) is 8.65. The summed E-state index contributed by atoms with van der Waals surface area (Å²) in [5, 5.41) is 3.45. The van der Waals surface area contributed by atoms with Crippen molar-refractivity contribution in [1.29, 1.82) is 0 Å². The van der Waals surface area contributed by atoms with Crippen molar-refractivity contribution in [2.75, 3.05) is 17.4 Å². The molecular formula is C28H31Cl2N3O4S. The van der Waals surface area contributed by atoms with E-state index in [1.165, 1.54) is 17.0 Å². The first-order valence-corrected chi connectivity index (χ1v) is 14.4. The first kappa shape index (κ1) is 29.5. The van der Waals surface area contributed by atoms with Crippen molar-refractivity contribution >= 4 is 50.7 Å². The van der Waals surface area contributed by atoms with Crippen LogP contribution in [0.1, 0.15) is 31.4 Å². The number of carbonyl (C=O) groups excluding carboxylic acids is 2. The third-order valence-electron chi connectivity index (χ3n) is 6.12. The number of para-hydroxylation sites is 1.